The Balaban J connectivity index is 1.70. The smallest absolute Gasteiger partial charge is 0.366 e. The second-order valence-electron chi connectivity index (χ2n) is 7.69. The van der Waals surface area contributed by atoms with Crippen molar-refractivity contribution in [3.8, 4) is 11.4 Å². The van der Waals surface area contributed by atoms with Gasteiger partial charge < -0.3 is 5.73 Å². The number of aromatic nitrogens is 4. The van der Waals surface area contributed by atoms with E-state index < -0.39 is 27.6 Å². The number of hydrogen-bond donors (Lipinski definition) is 1. The van der Waals surface area contributed by atoms with Crippen LogP contribution in [-0.4, -0.2) is 40.3 Å². The van der Waals surface area contributed by atoms with E-state index in [4.69, 9.17) is 5.73 Å². The summed E-state index contributed by atoms with van der Waals surface area (Å²) >= 11 is 0. The molecule has 1 amide bonds. The summed E-state index contributed by atoms with van der Waals surface area (Å²) in [6.07, 6.45) is 0.494. The van der Waals surface area contributed by atoms with Gasteiger partial charge in [0.2, 0.25) is 0 Å². The van der Waals surface area contributed by atoms with Gasteiger partial charge in [-0.2, -0.15) is 13.2 Å². The predicted octanol–water partition coefficient (Wildman–Crippen LogP) is 3.12. The molecule has 2 heterocycles. The Hall–Kier alpha value is -3.54. The van der Waals surface area contributed by atoms with Crippen LogP contribution in [-0.2, 0) is 20.8 Å². The van der Waals surface area contributed by atoms with Crippen LogP contribution in [0.3, 0.4) is 0 Å². The SMILES string of the molecule is CS(=O)(=O)c1ccc(/C(=C\n2cnc(-c3cc(C4CC4)nc(C(F)(F)F)c3)n2)C(N)=O)cc1. The van der Waals surface area contributed by atoms with Crippen LogP contribution in [0.5, 0.6) is 0 Å². The largest absolute Gasteiger partial charge is 0.433 e. The van der Waals surface area contributed by atoms with Crippen molar-refractivity contribution in [3.05, 3.63) is 59.7 Å². The maximum atomic E-state index is 13.3. The fourth-order valence-electron chi connectivity index (χ4n) is 3.18. The lowest BCUT2D eigenvalue weighted by atomic mass is 10.1. The molecule has 1 aliphatic carbocycles. The molecular weight excluding hydrogens is 459 g/mol. The van der Waals surface area contributed by atoms with Gasteiger partial charge in [-0.15, -0.1) is 5.10 Å². The monoisotopic (exact) mass is 477 g/mol. The average Bonchev–Trinajstić information content (AvgIpc) is 3.48. The first-order valence-corrected chi connectivity index (χ1v) is 11.6. The molecule has 0 atom stereocenters. The lowest BCUT2D eigenvalue weighted by Gasteiger charge is -2.09. The molecular formula is C21H18F3N5O3S. The molecule has 2 N–H and O–H groups in total. The lowest BCUT2D eigenvalue weighted by Crippen LogP contribution is -2.14. The van der Waals surface area contributed by atoms with Crippen LogP contribution in [0.2, 0.25) is 0 Å². The number of sulfone groups is 1. The van der Waals surface area contributed by atoms with Gasteiger partial charge in [0.05, 0.1) is 10.5 Å². The van der Waals surface area contributed by atoms with E-state index in [1.807, 2.05) is 0 Å². The van der Waals surface area contributed by atoms with Crippen LogP contribution in [0.25, 0.3) is 23.2 Å². The Morgan fingerprint density at radius 1 is 1.18 bits per heavy atom. The minimum absolute atomic E-state index is 0.00981. The Labute approximate surface area is 186 Å². The summed E-state index contributed by atoms with van der Waals surface area (Å²) in [6.45, 7) is 0. The molecule has 0 radical (unpaired) electrons. The molecule has 1 aromatic carbocycles. The maximum Gasteiger partial charge on any atom is 0.433 e. The molecule has 0 unspecified atom stereocenters. The fourth-order valence-corrected chi connectivity index (χ4v) is 3.81. The van der Waals surface area contributed by atoms with Crippen molar-refractivity contribution < 1.29 is 26.4 Å². The van der Waals surface area contributed by atoms with Crippen LogP contribution >= 0.6 is 0 Å². The van der Waals surface area contributed by atoms with Crippen LogP contribution in [0.15, 0.2) is 47.6 Å². The van der Waals surface area contributed by atoms with Gasteiger partial charge in [-0.25, -0.2) is 23.1 Å². The number of hydrogen-bond acceptors (Lipinski definition) is 6. The molecule has 0 spiro atoms. The summed E-state index contributed by atoms with van der Waals surface area (Å²) < 4.78 is 64.3. The first-order valence-electron chi connectivity index (χ1n) is 9.74. The van der Waals surface area contributed by atoms with Gasteiger partial charge >= 0.3 is 6.18 Å². The highest BCUT2D eigenvalue weighted by Crippen LogP contribution is 2.41. The fraction of sp³-hybridized carbons (Fsp3) is 0.238. The van der Waals surface area contributed by atoms with Gasteiger partial charge in [0.25, 0.3) is 5.91 Å². The number of alkyl halides is 3. The Bertz CT molecular complexity index is 1360. The van der Waals surface area contributed by atoms with E-state index in [0.717, 1.165) is 29.8 Å². The zero-order valence-electron chi connectivity index (χ0n) is 17.2. The van der Waals surface area contributed by atoms with Gasteiger partial charge in [-0.1, -0.05) is 12.1 Å². The molecule has 33 heavy (non-hydrogen) atoms. The molecule has 3 aromatic rings. The third kappa shape index (κ3) is 5.11. The topological polar surface area (TPSA) is 121 Å². The van der Waals surface area contributed by atoms with Crippen molar-refractivity contribution in [2.24, 2.45) is 5.73 Å². The third-order valence-corrected chi connectivity index (χ3v) is 6.15. The van der Waals surface area contributed by atoms with E-state index >= 15 is 0 Å². The van der Waals surface area contributed by atoms with Crippen LogP contribution < -0.4 is 5.73 Å². The van der Waals surface area contributed by atoms with Crippen molar-refractivity contribution in [2.45, 2.75) is 29.8 Å². The number of nitrogens with zero attached hydrogens (tertiary/aromatic N) is 4. The minimum Gasteiger partial charge on any atom is -0.366 e. The van der Waals surface area contributed by atoms with Crippen LogP contribution in [0.4, 0.5) is 13.2 Å². The highest BCUT2D eigenvalue weighted by molar-refractivity contribution is 7.90. The Kier molecular flexibility index (Phi) is 5.56. The number of rotatable bonds is 6. The first kappa shape index (κ1) is 22.6. The van der Waals surface area contributed by atoms with E-state index in [1.165, 1.54) is 42.9 Å². The highest BCUT2D eigenvalue weighted by Gasteiger charge is 2.35. The zero-order chi connectivity index (χ0) is 24.0. The lowest BCUT2D eigenvalue weighted by molar-refractivity contribution is -0.141. The molecule has 0 bridgehead atoms. The number of halogens is 3. The molecule has 8 nitrogen and oxygen atoms in total. The number of nitrogens with two attached hydrogens (primary N) is 1. The minimum atomic E-state index is -4.61. The molecule has 2 aromatic heterocycles. The average molecular weight is 477 g/mol. The van der Waals surface area contributed by atoms with Crippen molar-refractivity contribution in [3.63, 3.8) is 0 Å². The van der Waals surface area contributed by atoms with E-state index in [9.17, 15) is 26.4 Å². The van der Waals surface area contributed by atoms with E-state index in [1.54, 1.807) is 0 Å². The summed E-state index contributed by atoms with van der Waals surface area (Å²) in [5, 5.41) is 4.16. The Morgan fingerprint density at radius 2 is 1.85 bits per heavy atom. The normalized spacial score (nSPS) is 15.0. The molecule has 0 aliphatic heterocycles. The van der Waals surface area contributed by atoms with Gasteiger partial charge in [-0.3, -0.25) is 4.79 Å². The van der Waals surface area contributed by atoms with E-state index in [0.29, 0.717) is 11.3 Å². The van der Waals surface area contributed by atoms with Crippen molar-refractivity contribution in [1.29, 1.82) is 0 Å². The summed E-state index contributed by atoms with van der Waals surface area (Å²) in [5.41, 5.74) is 5.30. The van der Waals surface area contributed by atoms with Gasteiger partial charge in [0, 0.05) is 29.6 Å². The number of carbonyl (C=O) groups excluding carboxylic acids is 1. The standard InChI is InChI=1S/C21H18F3N5O3S/c1-33(31,32)15-6-4-12(5-7-15)16(19(25)30)10-29-11-26-20(28-29)14-8-17(13-2-3-13)27-18(9-14)21(22,23)24/h4-11,13H,2-3H2,1H3,(H2,25,30)/b16-10+. The number of pyridine rings is 1. The first-order chi connectivity index (χ1) is 15.4. The molecule has 0 saturated heterocycles. The number of benzene rings is 1. The van der Waals surface area contributed by atoms with Gasteiger partial charge in [0.1, 0.15) is 12.0 Å². The zero-order valence-corrected chi connectivity index (χ0v) is 18.1. The highest BCUT2D eigenvalue weighted by atomic mass is 32.2. The third-order valence-electron chi connectivity index (χ3n) is 5.02. The van der Waals surface area contributed by atoms with E-state index in [-0.39, 0.29) is 27.8 Å². The molecule has 12 heteroatoms. The maximum absolute atomic E-state index is 13.3. The summed E-state index contributed by atoms with van der Waals surface area (Å²) in [4.78, 5) is 19.9. The van der Waals surface area contributed by atoms with Gasteiger partial charge in [0.15, 0.2) is 15.7 Å². The number of primary amides is 1. The second kappa shape index (κ2) is 8.10. The van der Waals surface area contributed by atoms with Crippen molar-refractivity contribution in [1.82, 2.24) is 19.7 Å². The van der Waals surface area contributed by atoms with E-state index in [2.05, 4.69) is 15.1 Å². The number of amides is 1. The van der Waals surface area contributed by atoms with Crippen molar-refractivity contribution in [2.75, 3.05) is 6.26 Å². The number of carbonyl (C=O) groups is 1. The van der Waals surface area contributed by atoms with Gasteiger partial charge in [-0.05, 0) is 42.7 Å². The quantitative estimate of drug-likeness (QED) is 0.545. The van der Waals surface area contributed by atoms with Crippen LogP contribution in [0, 0.1) is 0 Å². The predicted molar refractivity (Wildman–Crippen MR) is 113 cm³/mol. The summed E-state index contributed by atoms with van der Waals surface area (Å²) in [7, 11) is -3.42. The Morgan fingerprint density at radius 3 is 2.39 bits per heavy atom. The second-order valence-corrected chi connectivity index (χ2v) is 9.71. The molecule has 1 fully saturated rings. The van der Waals surface area contributed by atoms with Crippen LogP contribution in [0.1, 0.15) is 35.7 Å². The summed E-state index contributed by atoms with van der Waals surface area (Å²) in [6, 6.07) is 7.94. The molecule has 172 valence electrons. The molecule has 1 saturated carbocycles. The van der Waals surface area contributed by atoms with Crippen molar-refractivity contribution >= 4 is 27.5 Å². The summed E-state index contributed by atoms with van der Waals surface area (Å²) in [5.74, 6) is -0.792. The molecule has 4 rings (SSSR count). The molecule has 1 aliphatic rings.